The zero-order valence-corrected chi connectivity index (χ0v) is 13.8. The number of benzene rings is 1. The lowest BCUT2D eigenvalue weighted by Crippen LogP contribution is -2.24. The van der Waals surface area contributed by atoms with E-state index >= 15 is 0 Å². The summed E-state index contributed by atoms with van der Waals surface area (Å²) in [6.07, 6.45) is 7.14. The highest BCUT2D eigenvalue weighted by atomic mass is 35.5. The Morgan fingerprint density at radius 1 is 0.833 bits per heavy atom. The Hall–Kier alpha value is -1.87. The summed E-state index contributed by atoms with van der Waals surface area (Å²) < 4.78 is 1.59. The minimum Gasteiger partial charge on any atom is -0.494 e. The van der Waals surface area contributed by atoms with Crippen molar-refractivity contribution in [1.82, 2.24) is 4.57 Å². The Morgan fingerprint density at radius 3 is 1.92 bits per heavy atom. The lowest BCUT2D eigenvalue weighted by atomic mass is 9.72. The van der Waals surface area contributed by atoms with Crippen molar-refractivity contribution in [1.29, 1.82) is 0 Å². The van der Waals surface area contributed by atoms with Crippen LogP contribution in [-0.2, 0) is 0 Å². The van der Waals surface area contributed by atoms with Crippen molar-refractivity contribution in [3.8, 4) is 17.4 Å². The summed E-state index contributed by atoms with van der Waals surface area (Å²) in [5.74, 6) is 3.90. The van der Waals surface area contributed by atoms with Crippen LogP contribution in [0.2, 0.25) is 5.02 Å². The molecular weight excluding hydrogens is 322 g/mol. The summed E-state index contributed by atoms with van der Waals surface area (Å²) in [7, 11) is 0. The number of aromatic hydroxyl groups is 2. The van der Waals surface area contributed by atoms with Crippen LogP contribution in [0, 0.1) is 23.7 Å². The molecule has 4 bridgehead atoms. The summed E-state index contributed by atoms with van der Waals surface area (Å²) in [5, 5.41) is 22.5. The van der Waals surface area contributed by atoms with Gasteiger partial charge in [-0.2, -0.15) is 0 Å². The van der Waals surface area contributed by atoms with Gasteiger partial charge in [0.25, 0.3) is 0 Å². The van der Waals surface area contributed by atoms with Crippen LogP contribution in [0.25, 0.3) is 5.69 Å². The van der Waals surface area contributed by atoms with E-state index in [0.717, 1.165) is 23.2 Å². The van der Waals surface area contributed by atoms with E-state index in [1.165, 1.54) is 6.42 Å². The molecule has 24 heavy (non-hydrogen) atoms. The minimum atomic E-state index is 0.225. The summed E-state index contributed by atoms with van der Waals surface area (Å²) >= 11 is 5.97. The molecule has 0 spiro atoms. The maximum atomic E-state index is 10.9. The molecule has 4 aliphatic carbocycles. The van der Waals surface area contributed by atoms with Gasteiger partial charge in [-0.1, -0.05) is 23.8 Å². The third-order valence-electron chi connectivity index (χ3n) is 7.04. The van der Waals surface area contributed by atoms with Gasteiger partial charge >= 0.3 is 0 Å². The number of fused-ring (bicyclic) bond motifs is 12. The van der Waals surface area contributed by atoms with Crippen molar-refractivity contribution < 1.29 is 10.2 Å². The molecule has 1 aromatic carbocycles. The number of allylic oxidation sites excluding steroid dienone is 2. The number of hydrogen-bond acceptors (Lipinski definition) is 2. The molecule has 2 fully saturated rings. The van der Waals surface area contributed by atoms with E-state index in [-0.39, 0.29) is 11.8 Å². The number of hydrogen-bond donors (Lipinski definition) is 2. The molecule has 6 atom stereocenters. The Balaban J connectivity index is 1.54. The van der Waals surface area contributed by atoms with Gasteiger partial charge < -0.3 is 10.2 Å². The molecule has 6 unspecified atom stereocenters. The van der Waals surface area contributed by atoms with Gasteiger partial charge in [-0.3, -0.25) is 4.57 Å². The molecule has 0 amide bonds. The average Bonchev–Trinajstić information content (AvgIpc) is 3.35. The van der Waals surface area contributed by atoms with Gasteiger partial charge in [0.15, 0.2) is 0 Å². The van der Waals surface area contributed by atoms with E-state index < -0.39 is 0 Å². The quantitative estimate of drug-likeness (QED) is 0.590. The Labute approximate surface area is 145 Å². The molecule has 0 aliphatic heterocycles. The Kier molecular flexibility index (Phi) is 2.35. The Morgan fingerprint density at radius 2 is 1.38 bits per heavy atom. The predicted octanol–water partition coefficient (Wildman–Crippen LogP) is 4.56. The van der Waals surface area contributed by atoms with Crippen LogP contribution in [0.1, 0.15) is 35.8 Å². The molecule has 3 nitrogen and oxygen atoms in total. The Bertz CT molecular complexity index is 850. The predicted molar refractivity (Wildman–Crippen MR) is 91.9 cm³/mol. The zero-order valence-electron chi connectivity index (χ0n) is 13.1. The monoisotopic (exact) mass is 339 g/mol. The van der Waals surface area contributed by atoms with E-state index in [1.54, 1.807) is 16.7 Å². The van der Waals surface area contributed by atoms with Crippen molar-refractivity contribution in [2.45, 2.75) is 24.7 Å². The van der Waals surface area contributed by atoms with Crippen LogP contribution in [0.5, 0.6) is 11.8 Å². The van der Waals surface area contributed by atoms with E-state index in [9.17, 15) is 10.2 Å². The highest BCUT2D eigenvalue weighted by Crippen LogP contribution is 2.72. The maximum Gasteiger partial charge on any atom is 0.202 e. The standard InChI is InChI=1S/C20H18ClNO2/c21-11-3-5-12(6-4-11)22-19(23)17-13-8-14(18(17)20(22)24)16-10-2-1-9(7-10)15(13)16/h1-6,9-10,13-16,23-24H,7-8H2. The maximum absolute atomic E-state index is 10.9. The molecule has 2 N–H and O–H groups in total. The number of rotatable bonds is 1. The second-order valence-electron chi connectivity index (χ2n) is 7.84. The van der Waals surface area contributed by atoms with Gasteiger partial charge in [-0.25, -0.2) is 0 Å². The molecule has 0 radical (unpaired) electrons. The largest absolute Gasteiger partial charge is 0.494 e. The van der Waals surface area contributed by atoms with Gasteiger partial charge in [0.2, 0.25) is 11.8 Å². The van der Waals surface area contributed by atoms with Gasteiger partial charge in [-0.15, -0.1) is 0 Å². The fourth-order valence-electron chi connectivity index (χ4n) is 6.39. The second kappa shape index (κ2) is 4.20. The van der Waals surface area contributed by atoms with Gasteiger partial charge in [-0.05, 0) is 72.6 Å². The molecule has 6 rings (SSSR count). The van der Waals surface area contributed by atoms with Gasteiger partial charge in [0, 0.05) is 16.1 Å². The molecule has 0 saturated heterocycles. The lowest BCUT2D eigenvalue weighted by Gasteiger charge is -2.31. The summed E-state index contributed by atoms with van der Waals surface area (Å²) in [6.45, 7) is 0. The second-order valence-corrected chi connectivity index (χ2v) is 8.27. The SMILES string of the molecule is Oc1c2c(c(O)n1-c1ccc(Cl)cc1)C1CC2C2C3C=CC(C3)C12. The molecule has 1 aromatic heterocycles. The molecule has 4 heteroatoms. The van der Waals surface area contributed by atoms with Crippen LogP contribution < -0.4 is 0 Å². The highest BCUT2D eigenvalue weighted by Gasteiger charge is 2.62. The molecule has 2 saturated carbocycles. The van der Waals surface area contributed by atoms with E-state index in [0.29, 0.717) is 40.5 Å². The molecular formula is C20H18ClNO2. The van der Waals surface area contributed by atoms with E-state index in [2.05, 4.69) is 12.2 Å². The number of halogens is 1. The smallest absolute Gasteiger partial charge is 0.202 e. The van der Waals surface area contributed by atoms with Gasteiger partial charge in [0.05, 0.1) is 5.69 Å². The van der Waals surface area contributed by atoms with Crippen LogP contribution in [-0.4, -0.2) is 14.8 Å². The number of aromatic nitrogens is 1. The molecule has 4 aliphatic rings. The summed E-state index contributed by atoms with van der Waals surface area (Å²) in [4.78, 5) is 0. The van der Waals surface area contributed by atoms with Crippen molar-refractivity contribution in [3.63, 3.8) is 0 Å². The van der Waals surface area contributed by atoms with Crippen LogP contribution in [0.15, 0.2) is 36.4 Å². The fourth-order valence-corrected chi connectivity index (χ4v) is 6.51. The van der Waals surface area contributed by atoms with Crippen molar-refractivity contribution in [2.24, 2.45) is 23.7 Å². The highest BCUT2D eigenvalue weighted by molar-refractivity contribution is 6.30. The van der Waals surface area contributed by atoms with Crippen molar-refractivity contribution in [2.75, 3.05) is 0 Å². The lowest BCUT2D eigenvalue weighted by molar-refractivity contribution is 0.298. The number of nitrogens with zero attached hydrogens (tertiary/aromatic N) is 1. The topological polar surface area (TPSA) is 45.4 Å². The first-order valence-corrected chi connectivity index (χ1v) is 9.13. The van der Waals surface area contributed by atoms with Gasteiger partial charge in [0.1, 0.15) is 0 Å². The first kappa shape index (κ1) is 13.4. The molecule has 2 aromatic rings. The van der Waals surface area contributed by atoms with E-state index in [4.69, 9.17) is 11.6 Å². The molecule has 1 heterocycles. The van der Waals surface area contributed by atoms with Crippen LogP contribution in [0.4, 0.5) is 0 Å². The van der Waals surface area contributed by atoms with Crippen LogP contribution in [0.3, 0.4) is 0 Å². The third kappa shape index (κ3) is 1.38. The molecule has 122 valence electrons. The normalized spacial score (nSPS) is 37.2. The van der Waals surface area contributed by atoms with Crippen LogP contribution >= 0.6 is 11.6 Å². The summed E-state index contributed by atoms with van der Waals surface area (Å²) in [6, 6.07) is 7.25. The first-order chi connectivity index (χ1) is 11.6. The first-order valence-electron chi connectivity index (χ1n) is 8.76. The fraction of sp³-hybridized carbons (Fsp3) is 0.400. The minimum absolute atomic E-state index is 0.225. The van der Waals surface area contributed by atoms with E-state index in [1.807, 2.05) is 12.1 Å². The van der Waals surface area contributed by atoms with Crippen molar-refractivity contribution >= 4 is 11.6 Å². The average molecular weight is 340 g/mol. The zero-order chi connectivity index (χ0) is 16.2. The summed E-state index contributed by atoms with van der Waals surface area (Å²) in [5.41, 5.74) is 2.78. The van der Waals surface area contributed by atoms with Crippen molar-refractivity contribution in [3.05, 3.63) is 52.6 Å². The third-order valence-corrected chi connectivity index (χ3v) is 7.29.